The monoisotopic (exact) mass is 462 g/mol. The van der Waals surface area contributed by atoms with Gasteiger partial charge in [0.1, 0.15) is 17.5 Å². The summed E-state index contributed by atoms with van der Waals surface area (Å²) in [5, 5.41) is 9.14. The largest absolute Gasteiger partial charge is 0.463 e. The van der Waals surface area contributed by atoms with Crippen molar-refractivity contribution in [3.63, 3.8) is 0 Å². The average Bonchev–Trinajstić information content (AvgIpc) is 3.36. The van der Waals surface area contributed by atoms with Crippen LogP contribution in [0.4, 0.5) is 0 Å². The Bertz CT molecular complexity index is 1580. The zero-order valence-corrected chi connectivity index (χ0v) is 19.0. The van der Waals surface area contributed by atoms with Crippen LogP contribution in [0.15, 0.2) is 106 Å². The topological polar surface area (TPSA) is 89.5 Å². The first-order valence-corrected chi connectivity index (χ1v) is 11.2. The van der Waals surface area contributed by atoms with Crippen LogP contribution in [0.5, 0.6) is 0 Å². The lowest BCUT2D eigenvalue weighted by Gasteiger charge is -2.03. The van der Waals surface area contributed by atoms with Gasteiger partial charge in [-0.2, -0.15) is 10.2 Å². The number of nitrogens with one attached hydrogen (secondary N) is 1. The minimum Gasteiger partial charge on any atom is -0.463 e. The summed E-state index contributed by atoms with van der Waals surface area (Å²) in [6.45, 7) is 2.09. The van der Waals surface area contributed by atoms with E-state index in [9.17, 15) is 9.59 Å². The molecule has 5 rings (SSSR count). The average molecular weight is 463 g/mol. The summed E-state index contributed by atoms with van der Waals surface area (Å²) >= 11 is 0. The van der Waals surface area contributed by atoms with Crippen LogP contribution < -0.4 is 10.9 Å². The van der Waals surface area contributed by atoms with Gasteiger partial charge >= 0.3 is 0 Å². The van der Waals surface area contributed by atoms with E-state index in [2.05, 4.69) is 22.5 Å². The molecule has 0 aliphatic rings. The molecule has 3 aromatic carbocycles. The Morgan fingerprint density at radius 1 is 1.03 bits per heavy atom. The highest BCUT2D eigenvalue weighted by atomic mass is 16.3. The molecule has 0 saturated carbocycles. The predicted molar refractivity (Wildman–Crippen MR) is 136 cm³/mol. The maximum atomic E-state index is 13.1. The van der Waals surface area contributed by atoms with Crippen molar-refractivity contribution in [1.29, 1.82) is 0 Å². The number of carbonyl (C=O) groups excluding carboxylic acids is 1. The van der Waals surface area contributed by atoms with Crippen molar-refractivity contribution >= 4 is 23.1 Å². The number of fused-ring (bicyclic) bond motifs is 1. The van der Waals surface area contributed by atoms with E-state index >= 15 is 0 Å². The number of hydrogen-bond acceptors (Lipinski definition) is 5. The van der Waals surface area contributed by atoms with Crippen molar-refractivity contribution in [3.05, 3.63) is 118 Å². The highest BCUT2D eigenvalue weighted by molar-refractivity contribution is 6.00. The summed E-state index contributed by atoms with van der Waals surface area (Å²) in [5.74, 6) is -0.442. The highest BCUT2D eigenvalue weighted by Crippen LogP contribution is 2.24. The number of nitrogens with zero attached hydrogens (tertiary/aromatic N) is 3. The molecular formula is C28H22N4O3. The van der Waals surface area contributed by atoms with Crippen molar-refractivity contribution in [2.24, 2.45) is 5.10 Å². The van der Waals surface area contributed by atoms with Gasteiger partial charge in [0, 0.05) is 11.8 Å². The Balaban J connectivity index is 1.46. The molecule has 172 valence electrons. The zero-order valence-electron chi connectivity index (χ0n) is 19.0. The summed E-state index contributed by atoms with van der Waals surface area (Å²) < 4.78 is 7.16. The summed E-state index contributed by atoms with van der Waals surface area (Å²) in [6, 6.07) is 24.5. The molecule has 0 aliphatic carbocycles. The van der Waals surface area contributed by atoms with Crippen molar-refractivity contribution in [2.75, 3.05) is 0 Å². The maximum absolute atomic E-state index is 13.1. The molecule has 7 heteroatoms. The lowest BCUT2D eigenvalue weighted by Crippen LogP contribution is -2.19. The first-order valence-electron chi connectivity index (χ1n) is 11.2. The van der Waals surface area contributed by atoms with E-state index in [-0.39, 0.29) is 11.0 Å². The molecule has 0 atom stereocenters. The van der Waals surface area contributed by atoms with Crippen LogP contribution in [0.1, 0.15) is 28.4 Å². The van der Waals surface area contributed by atoms with Crippen LogP contribution in [0.3, 0.4) is 0 Å². The Kier molecular flexibility index (Phi) is 6.05. The SMILES string of the molecule is CCc1ccc(-c2nn(-c3ccccc3)cc2C(=O)N/N=C/c2coc3ccccc3c2=O)cc1. The fraction of sp³-hybridized carbons (Fsp3) is 0.0714. The summed E-state index contributed by atoms with van der Waals surface area (Å²) in [6.07, 6.45) is 5.21. The number of rotatable bonds is 6. The van der Waals surface area contributed by atoms with Crippen LogP contribution in [-0.4, -0.2) is 21.9 Å². The predicted octanol–water partition coefficient (Wildman–Crippen LogP) is 4.97. The number of hydrazone groups is 1. The van der Waals surface area contributed by atoms with E-state index in [1.54, 1.807) is 35.1 Å². The van der Waals surface area contributed by atoms with E-state index in [0.29, 0.717) is 22.2 Å². The van der Waals surface area contributed by atoms with E-state index < -0.39 is 5.91 Å². The van der Waals surface area contributed by atoms with Gasteiger partial charge in [0.25, 0.3) is 5.91 Å². The van der Waals surface area contributed by atoms with E-state index in [1.165, 1.54) is 18.0 Å². The molecule has 2 aromatic heterocycles. The summed E-state index contributed by atoms with van der Waals surface area (Å²) in [5.41, 5.74) is 6.76. The normalized spacial score (nSPS) is 11.2. The van der Waals surface area contributed by atoms with Crippen molar-refractivity contribution < 1.29 is 9.21 Å². The maximum Gasteiger partial charge on any atom is 0.275 e. The second-order valence-corrected chi connectivity index (χ2v) is 7.94. The molecule has 0 saturated heterocycles. The molecule has 7 nitrogen and oxygen atoms in total. The molecule has 0 bridgehead atoms. The smallest absolute Gasteiger partial charge is 0.275 e. The second-order valence-electron chi connectivity index (χ2n) is 7.94. The molecule has 0 aliphatic heterocycles. The van der Waals surface area contributed by atoms with Gasteiger partial charge in [-0.05, 0) is 36.2 Å². The first kappa shape index (κ1) is 22.0. The summed E-state index contributed by atoms with van der Waals surface area (Å²) in [7, 11) is 0. The van der Waals surface area contributed by atoms with E-state index in [1.807, 2.05) is 54.6 Å². The van der Waals surface area contributed by atoms with Gasteiger partial charge in [-0.25, -0.2) is 10.1 Å². The van der Waals surface area contributed by atoms with Gasteiger partial charge in [-0.1, -0.05) is 61.5 Å². The fourth-order valence-corrected chi connectivity index (χ4v) is 3.77. The molecule has 35 heavy (non-hydrogen) atoms. The third-order valence-electron chi connectivity index (χ3n) is 5.69. The van der Waals surface area contributed by atoms with Gasteiger partial charge in [-0.3, -0.25) is 9.59 Å². The van der Waals surface area contributed by atoms with Crippen molar-refractivity contribution in [1.82, 2.24) is 15.2 Å². The van der Waals surface area contributed by atoms with Gasteiger partial charge in [0.2, 0.25) is 5.43 Å². The Morgan fingerprint density at radius 2 is 1.77 bits per heavy atom. The Morgan fingerprint density at radius 3 is 2.54 bits per heavy atom. The quantitative estimate of drug-likeness (QED) is 0.285. The van der Waals surface area contributed by atoms with Crippen LogP contribution >= 0.6 is 0 Å². The lowest BCUT2D eigenvalue weighted by atomic mass is 10.0. The first-order chi connectivity index (χ1) is 17.1. The minimum absolute atomic E-state index is 0.224. The number of amides is 1. The molecule has 0 unspecified atom stereocenters. The molecule has 5 aromatic rings. The van der Waals surface area contributed by atoms with E-state index in [0.717, 1.165) is 17.7 Å². The standard InChI is InChI=1S/C28H22N4O3/c1-2-19-12-14-20(15-13-19)26-24(17-32(31-26)22-8-4-3-5-9-22)28(34)30-29-16-21-18-35-25-11-7-6-10-23(25)27(21)33/h3-18H,2H2,1H3,(H,30,34)/b29-16+. The number of hydrogen-bond donors (Lipinski definition) is 1. The Hall–Kier alpha value is -4.78. The van der Waals surface area contributed by atoms with Gasteiger partial charge in [0.15, 0.2) is 0 Å². The van der Waals surface area contributed by atoms with Crippen LogP contribution in [0.25, 0.3) is 27.9 Å². The third-order valence-corrected chi connectivity index (χ3v) is 5.69. The van der Waals surface area contributed by atoms with Crippen molar-refractivity contribution in [3.8, 4) is 16.9 Å². The molecule has 1 amide bonds. The van der Waals surface area contributed by atoms with Crippen LogP contribution in [-0.2, 0) is 6.42 Å². The summed E-state index contributed by atoms with van der Waals surface area (Å²) in [4.78, 5) is 25.8. The molecule has 0 fully saturated rings. The van der Waals surface area contributed by atoms with Gasteiger partial charge in [0.05, 0.1) is 28.4 Å². The van der Waals surface area contributed by atoms with E-state index in [4.69, 9.17) is 4.42 Å². The molecule has 1 N–H and O–H groups in total. The zero-order chi connectivity index (χ0) is 24.2. The number of aromatic nitrogens is 2. The number of para-hydroxylation sites is 2. The lowest BCUT2D eigenvalue weighted by molar-refractivity contribution is 0.0955. The number of carbonyl (C=O) groups is 1. The third kappa shape index (κ3) is 4.52. The number of aryl methyl sites for hydroxylation is 1. The molecular weight excluding hydrogens is 440 g/mol. The highest BCUT2D eigenvalue weighted by Gasteiger charge is 2.18. The minimum atomic E-state index is -0.442. The second kappa shape index (κ2) is 9.61. The van der Waals surface area contributed by atoms with Crippen molar-refractivity contribution in [2.45, 2.75) is 13.3 Å². The fourth-order valence-electron chi connectivity index (χ4n) is 3.77. The van der Waals surface area contributed by atoms with Gasteiger partial charge < -0.3 is 4.42 Å². The molecule has 2 heterocycles. The molecule has 0 radical (unpaired) electrons. The van der Waals surface area contributed by atoms with Crippen LogP contribution in [0.2, 0.25) is 0 Å². The molecule has 0 spiro atoms. The van der Waals surface area contributed by atoms with Crippen LogP contribution in [0, 0.1) is 0 Å². The number of benzene rings is 3. The van der Waals surface area contributed by atoms with Gasteiger partial charge in [-0.15, -0.1) is 0 Å². The Labute approximate surface area is 201 Å².